The summed E-state index contributed by atoms with van der Waals surface area (Å²) >= 11 is 5.23. The van der Waals surface area contributed by atoms with Crippen molar-refractivity contribution >= 4 is 18.4 Å². The van der Waals surface area contributed by atoms with E-state index in [0.29, 0.717) is 34.3 Å². The van der Waals surface area contributed by atoms with Crippen molar-refractivity contribution < 1.29 is 13.9 Å². The van der Waals surface area contributed by atoms with Gasteiger partial charge in [-0.1, -0.05) is 0 Å². The van der Waals surface area contributed by atoms with E-state index < -0.39 is 0 Å². The third kappa shape index (κ3) is 3.80. The zero-order valence-corrected chi connectivity index (χ0v) is 15.1. The van der Waals surface area contributed by atoms with E-state index in [1.54, 1.807) is 25.5 Å². The van der Waals surface area contributed by atoms with Gasteiger partial charge in [0.05, 0.1) is 19.9 Å². The van der Waals surface area contributed by atoms with Crippen LogP contribution in [-0.2, 0) is 0 Å². The molecule has 1 aromatic heterocycles. The molecular weight excluding hydrogens is 355 g/mol. The van der Waals surface area contributed by atoms with Crippen LogP contribution >= 0.6 is 12.2 Å². The molecule has 0 radical (unpaired) electrons. The molecule has 8 heteroatoms. The largest absolute Gasteiger partial charge is 0.493 e. The van der Waals surface area contributed by atoms with Gasteiger partial charge in [-0.05, 0) is 67.2 Å². The molecule has 0 aliphatic carbocycles. The minimum atomic E-state index is -0.320. The quantitative estimate of drug-likeness (QED) is 0.524. The average Bonchev–Trinajstić information content (AvgIpc) is 3.02. The number of H-pyrrole nitrogens is 1. The van der Waals surface area contributed by atoms with Crippen LogP contribution in [0.1, 0.15) is 12.5 Å². The Kier molecular flexibility index (Phi) is 5.43. The molecule has 0 bridgehead atoms. The maximum atomic E-state index is 13.1. The number of ether oxygens (including phenoxy) is 2. The molecule has 0 spiro atoms. The van der Waals surface area contributed by atoms with Gasteiger partial charge in [-0.2, -0.15) is 14.9 Å². The normalized spacial score (nSPS) is 11.0. The average molecular weight is 372 g/mol. The lowest BCUT2D eigenvalue weighted by Crippen LogP contribution is -1.98. The summed E-state index contributed by atoms with van der Waals surface area (Å²) in [4.78, 5) is 0. The Hall–Kier alpha value is -3.00. The summed E-state index contributed by atoms with van der Waals surface area (Å²) in [5, 5.41) is 11.3. The molecular formula is C18H17FN4O2S. The summed E-state index contributed by atoms with van der Waals surface area (Å²) in [6, 6.07) is 11.4. The molecule has 0 amide bonds. The molecule has 1 heterocycles. The van der Waals surface area contributed by atoms with Crippen molar-refractivity contribution in [3.63, 3.8) is 0 Å². The van der Waals surface area contributed by atoms with E-state index in [1.165, 1.54) is 16.8 Å². The number of hydrogen-bond acceptors (Lipinski definition) is 5. The topological polar surface area (TPSA) is 64.4 Å². The molecule has 6 nitrogen and oxygen atoms in total. The smallest absolute Gasteiger partial charge is 0.216 e. The van der Waals surface area contributed by atoms with Gasteiger partial charge in [-0.3, -0.25) is 0 Å². The van der Waals surface area contributed by atoms with Crippen molar-refractivity contribution in [1.29, 1.82) is 0 Å². The first-order chi connectivity index (χ1) is 12.6. The predicted molar refractivity (Wildman–Crippen MR) is 100.0 cm³/mol. The molecule has 0 saturated carbocycles. The van der Waals surface area contributed by atoms with Gasteiger partial charge in [0.15, 0.2) is 17.3 Å². The number of hydrogen-bond donors (Lipinski definition) is 1. The van der Waals surface area contributed by atoms with E-state index in [9.17, 15) is 4.39 Å². The first-order valence-electron chi connectivity index (χ1n) is 7.91. The Morgan fingerprint density at radius 3 is 2.69 bits per heavy atom. The van der Waals surface area contributed by atoms with Crippen molar-refractivity contribution in [2.24, 2.45) is 5.10 Å². The maximum Gasteiger partial charge on any atom is 0.216 e. The molecule has 0 saturated heterocycles. The lowest BCUT2D eigenvalue weighted by atomic mass is 10.2. The number of nitrogens with zero attached hydrogens (tertiary/aromatic N) is 3. The molecule has 0 atom stereocenters. The Labute approximate surface area is 154 Å². The van der Waals surface area contributed by atoms with Crippen LogP contribution in [0.2, 0.25) is 0 Å². The third-order valence-corrected chi connectivity index (χ3v) is 3.83. The molecule has 2 aromatic carbocycles. The van der Waals surface area contributed by atoms with Gasteiger partial charge in [0.25, 0.3) is 0 Å². The van der Waals surface area contributed by atoms with Gasteiger partial charge in [0, 0.05) is 5.56 Å². The minimum absolute atomic E-state index is 0.320. The van der Waals surface area contributed by atoms with E-state index in [1.807, 2.05) is 25.1 Å². The fraction of sp³-hybridized carbons (Fsp3) is 0.167. The number of aromatic amines is 1. The van der Waals surface area contributed by atoms with Gasteiger partial charge < -0.3 is 9.47 Å². The summed E-state index contributed by atoms with van der Waals surface area (Å²) in [5.74, 6) is 1.45. The number of benzene rings is 2. The van der Waals surface area contributed by atoms with Crippen molar-refractivity contribution in [2.75, 3.05) is 13.7 Å². The van der Waals surface area contributed by atoms with Gasteiger partial charge in [-0.25, -0.2) is 9.49 Å². The van der Waals surface area contributed by atoms with Crippen LogP contribution in [0.4, 0.5) is 4.39 Å². The van der Waals surface area contributed by atoms with Gasteiger partial charge in [0.2, 0.25) is 4.77 Å². The second kappa shape index (κ2) is 7.92. The fourth-order valence-electron chi connectivity index (χ4n) is 2.35. The number of rotatable bonds is 6. The summed E-state index contributed by atoms with van der Waals surface area (Å²) in [7, 11) is 1.58. The Morgan fingerprint density at radius 1 is 1.23 bits per heavy atom. The zero-order valence-electron chi connectivity index (χ0n) is 14.3. The second-order valence-corrected chi connectivity index (χ2v) is 5.65. The highest BCUT2D eigenvalue weighted by molar-refractivity contribution is 7.71. The fourth-order valence-corrected chi connectivity index (χ4v) is 2.53. The number of methoxy groups -OCH3 is 1. The van der Waals surface area contributed by atoms with E-state index in [4.69, 9.17) is 21.7 Å². The first-order valence-corrected chi connectivity index (χ1v) is 8.31. The molecule has 0 aliphatic rings. The maximum absolute atomic E-state index is 13.1. The molecule has 1 N–H and O–H groups in total. The van der Waals surface area contributed by atoms with Gasteiger partial charge in [-0.15, -0.1) is 0 Å². The standard InChI is InChI=1S/C18H17FN4O2S/c1-3-25-15-9-4-12(10-16(15)24-2)11-20-23-17(21-22-18(23)26)13-5-7-14(19)8-6-13/h4-11H,3H2,1-2H3,(H,22,26)/b20-11+. The van der Waals surface area contributed by atoms with Crippen molar-refractivity contribution in [2.45, 2.75) is 6.92 Å². The van der Waals surface area contributed by atoms with Crippen LogP contribution < -0.4 is 9.47 Å². The molecule has 3 rings (SSSR count). The highest BCUT2D eigenvalue weighted by atomic mass is 32.1. The Morgan fingerprint density at radius 2 is 2.00 bits per heavy atom. The van der Waals surface area contributed by atoms with E-state index >= 15 is 0 Å². The summed E-state index contributed by atoms with van der Waals surface area (Å²) in [5.41, 5.74) is 1.50. The van der Waals surface area contributed by atoms with Crippen molar-refractivity contribution in [3.05, 3.63) is 58.6 Å². The van der Waals surface area contributed by atoms with E-state index in [0.717, 1.165) is 5.56 Å². The lowest BCUT2D eigenvalue weighted by molar-refractivity contribution is 0.311. The van der Waals surface area contributed by atoms with E-state index in [2.05, 4.69) is 15.3 Å². The SMILES string of the molecule is CCOc1ccc(/C=N/n2c(-c3ccc(F)cc3)n[nH]c2=S)cc1OC. The van der Waals surface area contributed by atoms with Crippen LogP contribution in [0.15, 0.2) is 47.6 Å². The number of nitrogens with one attached hydrogen (secondary N) is 1. The van der Waals surface area contributed by atoms with Crippen LogP contribution in [-0.4, -0.2) is 34.8 Å². The van der Waals surface area contributed by atoms with E-state index in [-0.39, 0.29) is 5.82 Å². The van der Waals surface area contributed by atoms with Crippen molar-refractivity contribution in [3.8, 4) is 22.9 Å². The summed E-state index contributed by atoms with van der Waals surface area (Å²) in [6.45, 7) is 2.46. The second-order valence-electron chi connectivity index (χ2n) is 5.26. The zero-order chi connectivity index (χ0) is 18.5. The van der Waals surface area contributed by atoms with Gasteiger partial charge >= 0.3 is 0 Å². The van der Waals surface area contributed by atoms with Crippen LogP contribution in [0, 0.1) is 10.6 Å². The summed E-state index contributed by atoms with van der Waals surface area (Å²) in [6.07, 6.45) is 1.64. The highest BCUT2D eigenvalue weighted by Gasteiger charge is 2.09. The molecule has 0 aliphatic heterocycles. The molecule has 0 fully saturated rings. The summed E-state index contributed by atoms with van der Waals surface area (Å²) < 4.78 is 25.8. The Bertz CT molecular complexity index is 980. The number of aromatic nitrogens is 3. The van der Waals surface area contributed by atoms with Crippen LogP contribution in [0.3, 0.4) is 0 Å². The van der Waals surface area contributed by atoms with Crippen LogP contribution in [0.5, 0.6) is 11.5 Å². The first kappa shape index (κ1) is 17.8. The monoisotopic (exact) mass is 372 g/mol. The van der Waals surface area contributed by atoms with Crippen LogP contribution in [0.25, 0.3) is 11.4 Å². The third-order valence-electron chi connectivity index (χ3n) is 3.56. The molecule has 134 valence electrons. The number of halogens is 1. The molecule has 3 aromatic rings. The highest BCUT2D eigenvalue weighted by Crippen LogP contribution is 2.27. The lowest BCUT2D eigenvalue weighted by Gasteiger charge is -2.09. The molecule has 0 unspecified atom stereocenters. The Balaban J connectivity index is 1.93. The van der Waals surface area contributed by atoms with Crippen molar-refractivity contribution in [1.82, 2.24) is 14.9 Å². The minimum Gasteiger partial charge on any atom is -0.493 e. The molecule has 26 heavy (non-hydrogen) atoms. The predicted octanol–water partition coefficient (Wildman–Crippen LogP) is 4.04. The van der Waals surface area contributed by atoms with Gasteiger partial charge in [0.1, 0.15) is 5.82 Å².